The van der Waals surface area contributed by atoms with Gasteiger partial charge in [-0.1, -0.05) is 38.1 Å². The van der Waals surface area contributed by atoms with Crippen LogP contribution in [0.4, 0.5) is 0 Å². The number of benzene rings is 1. The highest BCUT2D eigenvalue weighted by atomic mass is 127. The summed E-state index contributed by atoms with van der Waals surface area (Å²) in [5.41, 5.74) is 2.80. The van der Waals surface area contributed by atoms with Crippen LogP contribution in [0.3, 0.4) is 0 Å². The van der Waals surface area contributed by atoms with Crippen molar-refractivity contribution in [3.63, 3.8) is 0 Å². The molecular weight excluding hydrogens is 425 g/mol. The minimum absolute atomic E-state index is 0. The Hall–Kier alpha value is -0.820. The van der Waals surface area contributed by atoms with E-state index in [1.807, 2.05) is 7.05 Å². The Bertz CT molecular complexity index is 552. The van der Waals surface area contributed by atoms with Gasteiger partial charge in [-0.3, -0.25) is 4.99 Å². The molecule has 0 saturated carbocycles. The number of likely N-dealkylation sites (tertiary alicyclic amines) is 1. The van der Waals surface area contributed by atoms with E-state index in [1.165, 1.54) is 11.1 Å². The largest absolute Gasteiger partial charge is 0.378 e. The van der Waals surface area contributed by atoms with Crippen LogP contribution >= 0.6 is 24.0 Å². The van der Waals surface area contributed by atoms with Gasteiger partial charge in [-0.05, 0) is 37.8 Å². The molecule has 1 aromatic rings. The molecule has 1 saturated heterocycles. The lowest BCUT2D eigenvalue weighted by molar-refractivity contribution is 0.0263. The van der Waals surface area contributed by atoms with E-state index in [-0.39, 0.29) is 29.4 Å². The molecule has 0 unspecified atom stereocenters. The van der Waals surface area contributed by atoms with Gasteiger partial charge in [-0.25, -0.2) is 0 Å². The van der Waals surface area contributed by atoms with Crippen molar-refractivity contribution in [2.45, 2.75) is 52.1 Å². The topological polar surface area (TPSA) is 36.9 Å². The van der Waals surface area contributed by atoms with Crippen LogP contribution in [0.2, 0.25) is 0 Å². The van der Waals surface area contributed by atoms with Gasteiger partial charge < -0.3 is 15.0 Å². The molecule has 1 aromatic carbocycles. The fraction of sp³-hybridized carbons (Fsp3) is 0.650. The molecule has 0 spiro atoms. The molecule has 1 aliphatic heterocycles. The number of ether oxygens (including phenoxy) is 1. The summed E-state index contributed by atoms with van der Waals surface area (Å²) in [5, 5.41) is 3.59. The minimum Gasteiger partial charge on any atom is -0.378 e. The van der Waals surface area contributed by atoms with Crippen LogP contribution in [0.15, 0.2) is 29.3 Å². The van der Waals surface area contributed by atoms with E-state index in [0.717, 1.165) is 45.0 Å². The summed E-state index contributed by atoms with van der Waals surface area (Å²) in [6.07, 6.45) is 2.57. The highest BCUT2D eigenvalue weighted by molar-refractivity contribution is 14.0. The van der Waals surface area contributed by atoms with Gasteiger partial charge in [-0.15, -0.1) is 24.0 Å². The average Bonchev–Trinajstić information content (AvgIpc) is 2.57. The molecule has 25 heavy (non-hydrogen) atoms. The van der Waals surface area contributed by atoms with Gasteiger partial charge >= 0.3 is 0 Å². The standard InChI is InChI=1S/C20H33N3O.HI/c1-6-24-17-11-13-23(14-12-17)19(21-5)22-15-20(3,4)18-10-8-7-9-16(18)2;/h7-10,17H,6,11-15H2,1-5H3,(H,21,22);1H. The number of guanidine groups is 1. The molecule has 0 radical (unpaired) electrons. The van der Waals surface area contributed by atoms with E-state index in [0.29, 0.717) is 6.10 Å². The molecule has 0 amide bonds. The second-order valence-electron chi connectivity index (χ2n) is 7.24. The summed E-state index contributed by atoms with van der Waals surface area (Å²) in [6.45, 7) is 12.5. The Morgan fingerprint density at radius 1 is 1.28 bits per heavy atom. The molecule has 5 heteroatoms. The van der Waals surface area contributed by atoms with Crippen molar-refractivity contribution >= 4 is 29.9 Å². The highest BCUT2D eigenvalue weighted by Gasteiger charge is 2.25. The van der Waals surface area contributed by atoms with Crippen LogP contribution in [-0.2, 0) is 10.2 Å². The van der Waals surface area contributed by atoms with Gasteiger partial charge in [0.1, 0.15) is 0 Å². The molecule has 0 atom stereocenters. The summed E-state index contributed by atoms with van der Waals surface area (Å²) in [6, 6.07) is 8.64. The van der Waals surface area contributed by atoms with Gasteiger partial charge in [0.25, 0.3) is 0 Å². The summed E-state index contributed by atoms with van der Waals surface area (Å²) >= 11 is 0. The first-order chi connectivity index (χ1) is 11.5. The first kappa shape index (κ1) is 22.2. The van der Waals surface area contributed by atoms with Gasteiger partial charge in [0, 0.05) is 38.7 Å². The number of nitrogens with zero attached hydrogens (tertiary/aromatic N) is 2. The zero-order valence-corrected chi connectivity index (χ0v) is 18.7. The van der Waals surface area contributed by atoms with Crippen molar-refractivity contribution in [1.82, 2.24) is 10.2 Å². The molecule has 1 heterocycles. The Morgan fingerprint density at radius 3 is 2.48 bits per heavy atom. The van der Waals surface area contributed by atoms with E-state index in [1.54, 1.807) is 0 Å². The van der Waals surface area contributed by atoms with Crippen molar-refractivity contribution in [3.05, 3.63) is 35.4 Å². The van der Waals surface area contributed by atoms with Crippen LogP contribution in [-0.4, -0.2) is 50.3 Å². The van der Waals surface area contributed by atoms with Gasteiger partial charge in [-0.2, -0.15) is 0 Å². The maximum absolute atomic E-state index is 5.74. The Kier molecular flexibility index (Phi) is 9.21. The SMILES string of the molecule is CCOC1CCN(C(=NC)NCC(C)(C)c2ccccc2C)CC1.I. The smallest absolute Gasteiger partial charge is 0.193 e. The first-order valence-electron chi connectivity index (χ1n) is 9.11. The lowest BCUT2D eigenvalue weighted by Crippen LogP contribution is -2.49. The molecule has 1 aliphatic rings. The number of hydrogen-bond donors (Lipinski definition) is 1. The monoisotopic (exact) mass is 459 g/mol. The fourth-order valence-corrected chi connectivity index (χ4v) is 3.53. The predicted molar refractivity (Wildman–Crippen MR) is 117 cm³/mol. The third-order valence-electron chi connectivity index (χ3n) is 4.92. The van der Waals surface area contributed by atoms with Gasteiger partial charge in [0.15, 0.2) is 5.96 Å². The lowest BCUT2D eigenvalue weighted by atomic mass is 9.82. The van der Waals surface area contributed by atoms with Crippen molar-refractivity contribution in [2.75, 3.05) is 33.3 Å². The van der Waals surface area contributed by atoms with Crippen LogP contribution in [0.1, 0.15) is 44.7 Å². The van der Waals surface area contributed by atoms with Crippen LogP contribution in [0, 0.1) is 6.92 Å². The fourth-order valence-electron chi connectivity index (χ4n) is 3.53. The van der Waals surface area contributed by atoms with Crippen LogP contribution in [0.25, 0.3) is 0 Å². The minimum atomic E-state index is 0. The highest BCUT2D eigenvalue weighted by Crippen LogP contribution is 2.25. The molecule has 1 N–H and O–H groups in total. The van der Waals surface area contributed by atoms with E-state index in [4.69, 9.17) is 4.74 Å². The van der Waals surface area contributed by atoms with E-state index >= 15 is 0 Å². The van der Waals surface area contributed by atoms with E-state index in [9.17, 15) is 0 Å². The number of hydrogen-bond acceptors (Lipinski definition) is 2. The first-order valence-corrected chi connectivity index (χ1v) is 9.11. The lowest BCUT2D eigenvalue weighted by Gasteiger charge is -2.36. The molecule has 4 nitrogen and oxygen atoms in total. The zero-order valence-electron chi connectivity index (χ0n) is 16.3. The predicted octanol–water partition coefficient (Wildman–Crippen LogP) is 3.97. The van der Waals surface area contributed by atoms with Crippen molar-refractivity contribution in [2.24, 2.45) is 4.99 Å². The molecule has 0 aliphatic carbocycles. The maximum atomic E-state index is 5.74. The molecule has 1 fully saturated rings. The average molecular weight is 459 g/mol. The summed E-state index contributed by atoms with van der Waals surface area (Å²) < 4.78 is 5.74. The number of nitrogens with one attached hydrogen (secondary N) is 1. The van der Waals surface area contributed by atoms with E-state index in [2.05, 4.69) is 67.2 Å². The maximum Gasteiger partial charge on any atom is 0.193 e. The van der Waals surface area contributed by atoms with Crippen molar-refractivity contribution in [3.8, 4) is 0 Å². The Morgan fingerprint density at radius 2 is 1.92 bits per heavy atom. The van der Waals surface area contributed by atoms with Crippen molar-refractivity contribution < 1.29 is 4.74 Å². The van der Waals surface area contributed by atoms with Gasteiger partial charge in [0.05, 0.1) is 6.10 Å². The van der Waals surface area contributed by atoms with E-state index < -0.39 is 0 Å². The van der Waals surface area contributed by atoms with Crippen LogP contribution in [0.5, 0.6) is 0 Å². The second kappa shape index (κ2) is 10.4. The number of piperidine rings is 1. The zero-order chi connectivity index (χ0) is 17.6. The third-order valence-corrected chi connectivity index (χ3v) is 4.92. The quantitative estimate of drug-likeness (QED) is 0.412. The molecular formula is C20H34IN3O. The van der Waals surface area contributed by atoms with Gasteiger partial charge in [0.2, 0.25) is 0 Å². The number of rotatable bonds is 5. The molecule has 142 valence electrons. The summed E-state index contributed by atoms with van der Waals surface area (Å²) in [7, 11) is 1.87. The Balaban J connectivity index is 0.00000312. The number of aliphatic imine (C=N–C) groups is 1. The normalized spacial score (nSPS) is 16.5. The molecule has 0 aromatic heterocycles. The Labute approximate surface area is 170 Å². The summed E-state index contributed by atoms with van der Waals surface area (Å²) in [5.74, 6) is 1.01. The number of aryl methyl sites for hydroxylation is 1. The number of halogens is 1. The van der Waals surface area contributed by atoms with Crippen LogP contribution < -0.4 is 5.32 Å². The van der Waals surface area contributed by atoms with Crippen molar-refractivity contribution in [1.29, 1.82) is 0 Å². The second-order valence-corrected chi connectivity index (χ2v) is 7.24. The third kappa shape index (κ3) is 6.13. The molecule has 2 rings (SSSR count). The summed E-state index contributed by atoms with van der Waals surface area (Å²) in [4.78, 5) is 6.84. The molecule has 0 bridgehead atoms.